The van der Waals surface area contributed by atoms with Crippen molar-refractivity contribution in [3.63, 3.8) is 0 Å². The van der Waals surface area contributed by atoms with E-state index in [0.29, 0.717) is 23.8 Å². The molecule has 33 heavy (non-hydrogen) atoms. The summed E-state index contributed by atoms with van der Waals surface area (Å²) in [5.41, 5.74) is 1.79. The molecule has 0 spiro atoms. The number of nitrogens with zero attached hydrogens (tertiary/aromatic N) is 5. The second-order valence-electron chi connectivity index (χ2n) is 9.05. The van der Waals surface area contributed by atoms with Gasteiger partial charge in [-0.3, -0.25) is 4.79 Å². The van der Waals surface area contributed by atoms with Crippen LogP contribution in [0.15, 0.2) is 18.5 Å². The Morgan fingerprint density at radius 3 is 2.97 bits per heavy atom. The fourth-order valence-corrected chi connectivity index (χ4v) is 6.46. The van der Waals surface area contributed by atoms with E-state index in [-0.39, 0.29) is 11.8 Å². The largest absolute Gasteiger partial charge is 0.389 e. The molecule has 0 aliphatic heterocycles. The third-order valence-electron chi connectivity index (χ3n) is 5.78. The number of aryl methyl sites for hydroxylation is 1. The first-order valence-corrected chi connectivity index (χ1v) is 12.6. The highest BCUT2D eigenvalue weighted by molar-refractivity contribution is 7.19. The summed E-state index contributed by atoms with van der Waals surface area (Å²) in [5.74, 6) is 0.682. The Morgan fingerprint density at radius 1 is 1.36 bits per heavy atom. The summed E-state index contributed by atoms with van der Waals surface area (Å²) < 4.78 is 4.92. The van der Waals surface area contributed by atoms with Crippen LogP contribution in [0, 0.1) is 5.92 Å². The Morgan fingerprint density at radius 2 is 2.18 bits per heavy atom. The highest BCUT2D eigenvalue weighted by Gasteiger charge is 2.32. The van der Waals surface area contributed by atoms with Gasteiger partial charge in [-0.25, -0.2) is 9.97 Å². The number of fused-ring (bicyclic) bond motifs is 4. The van der Waals surface area contributed by atoms with E-state index >= 15 is 0 Å². The normalized spacial score (nSPS) is 16.2. The first-order valence-electron chi connectivity index (χ1n) is 10.6. The zero-order valence-corrected chi connectivity index (χ0v) is 20.8. The fourth-order valence-electron chi connectivity index (χ4n) is 4.41. The second kappa shape index (κ2) is 8.43. The summed E-state index contributed by atoms with van der Waals surface area (Å²) in [7, 11) is 1.76. The molecule has 3 heterocycles. The van der Waals surface area contributed by atoms with E-state index in [0.717, 1.165) is 39.0 Å². The number of nitrogens with one attached hydrogen (secondary N) is 1. The molecule has 11 heteroatoms. The molecular weight excluding hydrogens is 480 g/mol. The lowest BCUT2D eigenvalue weighted by molar-refractivity contribution is -0.137. The number of carbonyl (C=O) groups excluding carboxylic acids is 1. The minimum atomic E-state index is -0.919. The lowest BCUT2D eigenvalue weighted by atomic mass is 9.86. The lowest BCUT2D eigenvalue weighted by Crippen LogP contribution is -2.43. The Bertz CT molecular complexity index is 1360. The van der Waals surface area contributed by atoms with Crippen LogP contribution in [0.4, 0.5) is 11.5 Å². The SMILES string of the molecule is CN(CC(C)(C)O)C(=O)[C@H]1CCc2c(sc3ncnc(Nc4cc5snnc5cc4Cl)c23)C1. The summed E-state index contributed by atoms with van der Waals surface area (Å²) in [6.45, 7) is 3.73. The molecule has 1 aromatic carbocycles. The van der Waals surface area contributed by atoms with Crippen LogP contribution in [-0.2, 0) is 17.6 Å². The number of carbonyl (C=O) groups is 1. The zero-order valence-electron chi connectivity index (χ0n) is 18.4. The first-order chi connectivity index (χ1) is 15.7. The number of benzene rings is 1. The zero-order chi connectivity index (χ0) is 23.3. The molecular formula is C22H23ClN6O2S2. The minimum absolute atomic E-state index is 0.0721. The molecule has 0 unspecified atom stereocenters. The van der Waals surface area contributed by atoms with Gasteiger partial charge in [-0.15, -0.1) is 16.4 Å². The molecule has 0 saturated heterocycles. The van der Waals surface area contributed by atoms with Crippen molar-refractivity contribution in [2.45, 2.75) is 38.7 Å². The van der Waals surface area contributed by atoms with Crippen LogP contribution >= 0.6 is 34.5 Å². The smallest absolute Gasteiger partial charge is 0.225 e. The van der Waals surface area contributed by atoms with Crippen LogP contribution in [0.25, 0.3) is 20.4 Å². The quantitative estimate of drug-likeness (QED) is 0.416. The number of anilines is 2. The van der Waals surface area contributed by atoms with Crippen LogP contribution in [0.2, 0.25) is 5.02 Å². The van der Waals surface area contributed by atoms with E-state index in [9.17, 15) is 9.90 Å². The van der Waals surface area contributed by atoms with Gasteiger partial charge in [0.25, 0.3) is 0 Å². The van der Waals surface area contributed by atoms with Crippen molar-refractivity contribution in [3.8, 4) is 0 Å². The van der Waals surface area contributed by atoms with E-state index in [4.69, 9.17) is 11.6 Å². The molecule has 0 bridgehead atoms. The van der Waals surface area contributed by atoms with Gasteiger partial charge in [0.15, 0.2) is 0 Å². The molecule has 5 rings (SSSR count). The summed E-state index contributed by atoms with van der Waals surface area (Å²) in [4.78, 5) is 25.7. The Labute approximate surface area is 203 Å². The number of aromatic nitrogens is 4. The van der Waals surface area contributed by atoms with E-state index in [1.165, 1.54) is 22.0 Å². The van der Waals surface area contributed by atoms with Crippen molar-refractivity contribution in [2.75, 3.05) is 18.9 Å². The maximum Gasteiger partial charge on any atom is 0.225 e. The molecule has 4 aromatic rings. The molecule has 1 aliphatic rings. The van der Waals surface area contributed by atoms with Gasteiger partial charge < -0.3 is 15.3 Å². The number of amides is 1. The van der Waals surface area contributed by atoms with Crippen molar-refractivity contribution in [1.29, 1.82) is 0 Å². The molecule has 1 aliphatic carbocycles. The van der Waals surface area contributed by atoms with Gasteiger partial charge in [0.05, 0.1) is 26.4 Å². The van der Waals surface area contributed by atoms with Gasteiger partial charge in [0, 0.05) is 24.4 Å². The van der Waals surface area contributed by atoms with E-state index < -0.39 is 5.60 Å². The van der Waals surface area contributed by atoms with Crippen molar-refractivity contribution in [2.24, 2.45) is 5.92 Å². The number of hydrogen-bond acceptors (Lipinski definition) is 9. The number of rotatable bonds is 5. The number of thiophene rings is 1. The summed E-state index contributed by atoms with van der Waals surface area (Å²) >= 11 is 9.41. The maximum atomic E-state index is 13.0. The van der Waals surface area contributed by atoms with Crippen molar-refractivity contribution in [3.05, 3.63) is 33.9 Å². The van der Waals surface area contributed by atoms with Crippen LogP contribution < -0.4 is 5.32 Å². The predicted octanol–water partition coefficient (Wildman–Crippen LogP) is 4.43. The minimum Gasteiger partial charge on any atom is -0.389 e. The number of hydrogen-bond donors (Lipinski definition) is 2. The molecule has 8 nitrogen and oxygen atoms in total. The highest BCUT2D eigenvalue weighted by atomic mass is 35.5. The van der Waals surface area contributed by atoms with E-state index in [1.807, 2.05) is 6.07 Å². The monoisotopic (exact) mass is 502 g/mol. The molecule has 1 amide bonds. The van der Waals surface area contributed by atoms with Gasteiger partial charge in [0.1, 0.15) is 22.5 Å². The molecule has 3 aromatic heterocycles. The average molecular weight is 503 g/mol. The van der Waals surface area contributed by atoms with Gasteiger partial charge in [0.2, 0.25) is 5.91 Å². The highest BCUT2D eigenvalue weighted by Crippen LogP contribution is 2.41. The fraction of sp³-hybridized carbons (Fsp3) is 0.409. The molecule has 0 saturated carbocycles. The van der Waals surface area contributed by atoms with Crippen LogP contribution in [0.3, 0.4) is 0 Å². The summed E-state index contributed by atoms with van der Waals surface area (Å²) in [6, 6.07) is 3.73. The van der Waals surface area contributed by atoms with Crippen LogP contribution in [-0.4, -0.2) is 54.7 Å². The number of halogens is 1. The predicted molar refractivity (Wildman–Crippen MR) is 133 cm³/mol. The molecule has 1 atom stereocenters. The summed E-state index contributed by atoms with van der Waals surface area (Å²) in [5, 5.41) is 19.1. The third kappa shape index (κ3) is 4.40. The molecule has 0 fully saturated rings. The van der Waals surface area contributed by atoms with Crippen LogP contribution in [0.5, 0.6) is 0 Å². The standard InChI is InChI=1S/C22H23ClN6O2S2/c1-22(2,31)9-29(3)21(30)11-4-5-12-16(6-11)32-20-18(12)19(24-10-25-20)26-14-8-17-15(7-13(14)23)27-28-33-17/h7-8,10-11,31H,4-6,9H2,1-3H3,(H,24,25,26)/t11-/m0/s1. The molecule has 2 N–H and O–H groups in total. The van der Waals surface area contributed by atoms with E-state index in [2.05, 4.69) is 24.9 Å². The first kappa shape index (κ1) is 22.4. The van der Waals surface area contributed by atoms with Gasteiger partial charge >= 0.3 is 0 Å². The Hall–Kier alpha value is -2.40. The molecule has 172 valence electrons. The van der Waals surface area contributed by atoms with Crippen molar-refractivity contribution >= 4 is 72.3 Å². The van der Waals surface area contributed by atoms with Crippen molar-refractivity contribution < 1.29 is 9.90 Å². The number of likely N-dealkylation sites (N-methyl/N-ethyl adjacent to an activating group) is 1. The maximum absolute atomic E-state index is 13.0. The number of aliphatic hydroxyl groups is 1. The van der Waals surface area contributed by atoms with Gasteiger partial charge in [-0.2, -0.15) is 0 Å². The average Bonchev–Trinajstić information content (AvgIpc) is 3.35. The van der Waals surface area contributed by atoms with E-state index in [1.54, 1.807) is 49.5 Å². The van der Waals surface area contributed by atoms with Crippen LogP contribution in [0.1, 0.15) is 30.7 Å². The lowest BCUT2D eigenvalue weighted by Gasteiger charge is -2.30. The van der Waals surface area contributed by atoms with Crippen molar-refractivity contribution in [1.82, 2.24) is 24.5 Å². The second-order valence-corrected chi connectivity index (χ2v) is 11.3. The van der Waals surface area contributed by atoms with Gasteiger partial charge in [-0.1, -0.05) is 16.1 Å². The van der Waals surface area contributed by atoms with Gasteiger partial charge in [-0.05, 0) is 62.3 Å². The molecule has 0 radical (unpaired) electrons. The third-order valence-corrected chi connectivity index (χ3v) is 7.95. The summed E-state index contributed by atoms with van der Waals surface area (Å²) in [6.07, 6.45) is 3.74. The Balaban J connectivity index is 1.44. The Kier molecular flexibility index (Phi) is 5.72. The topological polar surface area (TPSA) is 104 Å².